The minimum absolute atomic E-state index is 0.104. The number of H-pyrrole nitrogens is 1. The van der Waals surface area contributed by atoms with Crippen molar-refractivity contribution in [2.24, 2.45) is 0 Å². The number of benzene rings is 2. The molecule has 0 atom stereocenters. The van der Waals surface area contributed by atoms with Gasteiger partial charge in [0.2, 0.25) is 0 Å². The Morgan fingerprint density at radius 1 is 1.00 bits per heavy atom. The van der Waals surface area contributed by atoms with E-state index in [1.807, 2.05) is 36.4 Å². The molecule has 30 heavy (non-hydrogen) atoms. The molecule has 1 saturated heterocycles. The molecule has 0 bridgehead atoms. The molecule has 1 amide bonds. The van der Waals surface area contributed by atoms with Gasteiger partial charge in [-0.25, -0.2) is 4.39 Å². The van der Waals surface area contributed by atoms with Gasteiger partial charge in [-0.1, -0.05) is 30.3 Å². The van der Waals surface area contributed by atoms with Gasteiger partial charge in [-0.3, -0.25) is 9.69 Å². The van der Waals surface area contributed by atoms with E-state index in [2.05, 4.69) is 27.1 Å². The number of carbonyl (C=O) groups excluding carboxylic acids is 1. The molecule has 0 radical (unpaired) electrons. The molecule has 0 unspecified atom stereocenters. The summed E-state index contributed by atoms with van der Waals surface area (Å²) in [5, 5.41) is 3.07. The lowest BCUT2D eigenvalue weighted by atomic mass is 10.1. The van der Waals surface area contributed by atoms with E-state index in [0.717, 1.165) is 55.2 Å². The maximum atomic E-state index is 13.3. The number of carbonyl (C=O) groups is 1. The highest BCUT2D eigenvalue weighted by Crippen LogP contribution is 2.29. The van der Waals surface area contributed by atoms with E-state index in [0.29, 0.717) is 12.1 Å². The standard InChI is InChI=1S/C24H27FN4O/c1-28-13-15-29(16-14-28)12-11-26-24(30)21-17-22(18-7-9-20(25)10-8-18)27-23(21)19-5-3-2-4-6-19/h2-10,17,27H,11-16H2,1H3,(H,26,30). The van der Waals surface area contributed by atoms with Crippen molar-refractivity contribution in [3.63, 3.8) is 0 Å². The molecule has 2 aromatic carbocycles. The average molecular weight is 407 g/mol. The smallest absolute Gasteiger partial charge is 0.253 e. The molecule has 1 aliphatic rings. The lowest BCUT2D eigenvalue weighted by molar-refractivity contribution is 0.0942. The first kappa shape index (κ1) is 20.3. The summed E-state index contributed by atoms with van der Waals surface area (Å²) in [7, 11) is 2.13. The van der Waals surface area contributed by atoms with E-state index < -0.39 is 0 Å². The fraction of sp³-hybridized carbons (Fsp3) is 0.292. The Morgan fingerprint density at radius 2 is 1.70 bits per heavy atom. The van der Waals surface area contributed by atoms with E-state index >= 15 is 0 Å². The molecule has 4 rings (SSSR count). The van der Waals surface area contributed by atoms with Crippen LogP contribution in [-0.4, -0.2) is 67.0 Å². The second-order valence-electron chi connectivity index (χ2n) is 7.75. The Labute approximate surface area is 176 Å². The third kappa shape index (κ3) is 4.78. The summed E-state index contributed by atoms with van der Waals surface area (Å²) in [5.74, 6) is -0.386. The van der Waals surface area contributed by atoms with Crippen LogP contribution in [0.15, 0.2) is 60.7 Å². The summed E-state index contributed by atoms with van der Waals surface area (Å²) in [5.41, 5.74) is 3.93. The predicted octanol–water partition coefficient (Wildman–Crippen LogP) is 3.47. The largest absolute Gasteiger partial charge is 0.354 e. The van der Waals surface area contributed by atoms with Crippen LogP contribution < -0.4 is 5.32 Å². The summed E-state index contributed by atoms with van der Waals surface area (Å²) in [6, 6.07) is 17.9. The van der Waals surface area contributed by atoms with Gasteiger partial charge in [0.25, 0.3) is 5.91 Å². The van der Waals surface area contributed by atoms with Crippen molar-refractivity contribution in [2.75, 3.05) is 46.3 Å². The number of halogens is 1. The molecule has 3 aromatic rings. The lowest BCUT2D eigenvalue weighted by Gasteiger charge is -2.32. The third-order valence-electron chi connectivity index (χ3n) is 5.59. The van der Waals surface area contributed by atoms with Gasteiger partial charge in [0, 0.05) is 45.0 Å². The van der Waals surface area contributed by atoms with Crippen molar-refractivity contribution < 1.29 is 9.18 Å². The molecule has 6 heteroatoms. The van der Waals surface area contributed by atoms with Gasteiger partial charge in [0.05, 0.1) is 11.3 Å². The molecular weight excluding hydrogens is 379 g/mol. The normalized spacial score (nSPS) is 15.3. The molecule has 1 fully saturated rings. The Kier molecular flexibility index (Phi) is 6.26. The minimum atomic E-state index is -0.282. The number of rotatable bonds is 6. The van der Waals surface area contributed by atoms with Crippen molar-refractivity contribution in [2.45, 2.75) is 0 Å². The fourth-order valence-electron chi connectivity index (χ4n) is 3.75. The number of hydrogen-bond donors (Lipinski definition) is 2. The van der Waals surface area contributed by atoms with Gasteiger partial charge >= 0.3 is 0 Å². The molecule has 0 saturated carbocycles. The molecule has 2 N–H and O–H groups in total. The van der Waals surface area contributed by atoms with Gasteiger partial charge in [-0.2, -0.15) is 0 Å². The van der Waals surface area contributed by atoms with Crippen LogP contribution in [0.4, 0.5) is 4.39 Å². The van der Waals surface area contributed by atoms with E-state index in [-0.39, 0.29) is 11.7 Å². The van der Waals surface area contributed by atoms with Crippen LogP contribution in [0, 0.1) is 5.82 Å². The molecule has 1 aliphatic heterocycles. The number of nitrogens with zero attached hydrogens (tertiary/aromatic N) is 2. The quantitative estimate of drug-likeness (QED) is 0.659. The van der Waals surface area contributed by atoms with Crippen LogP contribution in [-0.2, 0) is 0 Å². The summed E-state index contributed by atoms with van der Waals surface area (Å²) < 4.78 is 13.3. The summed E-state index contributed by atoms with van der Waals surface area (Å²) >= 11 is 0. The average Bonchev–Trinajstić information content (AvgIpc) is 3.22. The fourth-order valence-corrected chi connectivity index (χ4v) is 3.75. The maximum Gasteiger partial charge on any atom is 0.253 e. The number of aromatic nitrogens is 1. The van der Waals surface area contributed by atoms with Crippen LogP contribution in [0.25, 0.3) is 22.5 Å². The van der Waals surface area contributed by atoms with E-state index in [1.54, 1.807) is 12.1 Å². The SMILES string of the molecule is CN1CCN(CCNC(=O)c2cc(-c3ccc(F)cc3)[nH]c2-c2ccccc2)CC1. The Hall–Kier alpha value is -2.96. The van der Waals surface area contributed by atoms with Crippen molar-refractivity contribution in [1.29, 1.82) is 0 Å². The van der Waals surface area contributed by atoms with E-state index in [1.165, 1.54) is 12.1 Å². The minimum Gasteiger partial charge on any atom is -0.354 e. The monoisotopic (exact) mass is 406 g/mol. The third-order valence-corrected chi connectivity index (χ3v) is 5.59. The zero-order valence-corrected chi connectivity index (χ0v) is 17.2. The van der Waals surface area contributed by atoms with Crippen LogP contribution >= 0.6 is 0 Å². The second-order valence-corrected chi connectivity index (χ2v) is 7.75. The number of aromatic amines is 1. The van der Waals surface area contributed by atoms with E-state index in [9.17, 15) is 9.18 Å². The van der Waals surface area contributed by atoms with Gasteiger partial charge in [-0.05, 0) is 48.5 Å². The highest BCUT2D eigenvalue weighted by molar-refractivity contribution is 6.01. The Bertz CT molecular complexity index is 976. The first-order valence-electron chi connectivity index (χ1n) is 10.3. The Balaban J connectivity index is 1.51. The highest BCUT2D eigenvalue weighted by atomic mass is 19.1. The zero-order valence-electron chi connectivity index (χ0n) is 17.2. The number of nitrogens with one attached hydrogen (secondary N) is 2. The topological polar surface area (TPSA) is 51.4 Å². The number of likely N-dealkylation sites (N-methyl/N-ethyl adjacent to an activating group) is 1. The van der Waals surface area contributed by atoms with Crippen molar-refractivity contribution in [3.8, 4) is 22.5 Å². The Morgan fingerprint density at radius 3 is 2.40 bits per heavy atom. The number of piperazine rings is 1. The van der Waals surface area contributed by atoms with Crippen LogP contribution in [0.3, 0.4) is 0 Å². The lowest BCUT2D eigenvalue weighted by Crippen LogP contribution is -2.46. The number of hydrogen-bond acceptors (Lipinski definition) is 3. The molecule has 2 heterocycles. The van der Waals surface area contributed by atoms with Crippen LogP contribution in [0.1, 0.15) is 10.4 Å². The van der Waals surface area contributed by atoms with E-state index in [4.69, 9.17) is 0 Å². The molecular formula is C24H27FN4O. The first-order valence-corrected chi connectivity index (χ1v) is 10.3. The van der Waals surface area contributed by atoms with Gasteiger partial charge in [0.15, 0.2) is 0 Å². The highest BCUT2D eigenvalue weighted by Gasteiger charge is 2.18. The molecule has 1 aromatic heterocycles. The summed E-state index contributed by atoms with van der Waals surface area (Å²) in [6.07, 6.45) is 0. The zero-order chi connectivity index (χ0) is 20.9. The van der Waals surface area contributed by atoms with Crippen molar-refractivity contribution >= 4 is 5.91 Å². The molecule has 0 aliphatic carbocycles. The molecule has 5 nitrogen and oxygen atoms in total. The van der Waals surface area contributed by atoms with Crippen LogP contribution in [0.5, 0.6) is 0 Å². The van der Waals surface area contributed by atoms with Crippen molar-refractivity contribution in [1.82, 2.24) is 20.1 Å². The first-order chi connectivity index (χ1) is 14.6. The molecule has 156 valence electrons. The van der Waals surface area contributed by atoms with Gasteiger partial charge in [-0.15, -0.1) is 0 Å². The summed E-state index contributed by atoms with van der Waals surface area (Å²) in [6.45, 7) is 5.63. The summed E-state index contributed by atoms with van der Waals surface area (Å²) in [4.78, 5) is 21.1. The second kappa shape index (κ2) is 9.24. The van der Waals surface area contributed by atoms with Crippen molar-refractivity contribution in [3.05, 3.63) is 72.0 Å². The maximum absolute atomic E-state index is 13.3. The molecule has 0 spiro atoms. The van der Waals surface area contributed by atoms with Gasteiger partial charge in [0.1, 0.15) is 5.82 Å². The number of amides is 1. The van der Waals surface area contributed by atoms with Gasteiger partial charge < -0.3 is 15.2 Å². The predicted molar refractivity (Wildman–Crippen MR) is 118 cm³/mol. The van der Waals surface area contributed by atoms with Crippen LogP contribution in [0.2, 0.25) is 0 Å².